The van der Waals surface area contributed by atoms with Crippen LogP contribution in [0, 0.1) is 0 Å². The van der Waals surface area contributed by atoms with E-state index in [0.717, 1.165) is 5.56 Å². The number of rotatable bonds is 1. The van der Waals surface area contributed by atoms with E-state index >= 15 is 0 Å². The summed E-state index contributed by atoms with van der Waals surface area (Å²) in [6, 6.07) is 1.81. The lowest BCUT2D eigenvalue weighted by Gasteiger charge is -2.32. The lowest BCUT2D eigenvalue weighted by atomic mass is 9.88. The van der Waals surface area contributed by atoms with Gasteiger partial charge in [0.15, 0.2) is 0 Å². The van der Waals surface area contributed by atoms with Crippen molar-refractivity contribution < 1.29 is 9.84 Å². The van der Waals surface area contributed by atoms with Gasteiger partial charge in [0, 0.05) is 11.8 Å². The Labute approximate surface area is 84.5 Å². The number of nitrogens with zero attached hydrogens (tertiary/aromatic N) is 1. The Hall–Kier alpha value is -0.865. The molecular weight excluding hydrogens is 177 g/mol. The highest BCUT2D eigenvalue weighted by Gasteiger charge is 2.34. The molecule has 1 atom stereocenters. The van der Waals surface area contributed by atoms with Gasteiger partial charge >= 0.3 is 0 Å². The number of ether oxygens (including phenoxy) is 1. The van der Waals surface area contributed by atoms with Gasteiger partial charge in [-0.3, -0.25) is 4.98 Å². The summed E-state index contributed by atoms with van der Waals surface area (Å²) in [7, 11) is 5.61. The van der Waals surface area contributed by atoms with Crippen molar-refractivity contribution in [3.05, 3.63) is 23.5 Å². The van der Waals surface area contributed by atoms with Crippen molar-refractivity contribution in [3.63, 3.8) is 0 Å². The molecule has 0 spiro atoms. The van der Waals surface area contributed by atoms with Gasteiger partial charge in [-0.1, -0.05) is 18.5 Å². The molecule has 1 unspecified atom stereocenters. The Kier molecular flexibility index (Phi) is 2.33. The topological polar surface area (TPSA) is 42.4 Å². The summed E-state index contributed by atoms with van der Waals surface area (Å²) in [5.74, 6) is 0. The maximum atomic E-state index is 10.2. The van der Waals surface area contributed by atoms with E-state index in [4.69, 9.17) is 12.6 Å². The van der Waals surface area contributed by atoms with Crippen LogP contribution >= 0.6 is 0 Å². The van der Waals surface area contributed by atoms with Crippen molar-refractivity contribution in [2.24, 2.45) is 0 Å². The van der Waals surface area contributed by atoms with E-state index in [1.807, 2.05) is 13.0 Å². The van der Waals surface area contributed by atoms with Crippen LogP contribution in [-0.4, -0.2) is 24.5 Å². The van der Waals surface area contributed by atoms with Gasteiger partial charge in [-0.05, 0) is 6.42 Å². The summed E-state index contributed by atoms with van der Waals surface area (Å²) in [5.41, 5.74) is 1.26. The lowest BCUT2D eigenvalue weighted by molar-refractivity contribution is -0.0782. The first-order valence-corrected chi connectivity index (χ1v) is 4.71. The molecule has 1 aliphatic heterocycles. The van der Waals surface area contributed by atoms with Crippen LogP contribution in [0.15, 0.2) is 12.3 Å². The molecule has 72 valence electrons. The summed E-state index contributed by atoms with van der Waals surface area (Å²) >= 11 is 0. The zero-order chi connectivity index (χ0) is 10.2. The number of fused-ring (bicyclic) bond motifs is 1. The molecule has 2 heterocycles. The SMILES string of the molecule is [B]c1cnc2c(c1)COCC2(O)CC. The van der Waals surface area contributed by atoms with E-state index in [0.29, 0.717) is 30.8 Å². The number of hydrogen-bond donors (Lipinski definition) is 1. The van der Waals surface area contributed by atoms with Crippen molar-refractivity contribution >= 4 is 13.3 Å². The zero-order valence-corrected chi connectivity index (χ0v) is 8.16. The Morgan fingerprint density at radius 3 is 3.21 bits per heavy atom. The third-order valence-corrected chi connectivity index (χ3v) is 2.61. The second-order valence-corrected chi connectivity index (χ2v) is 3.65. The van der Waals surface area contributed by atoms with Gasteiger partial charge in [-0.15, -0.1) is 0 Å². The minimum absolute atomic E-state index is 0.313. The molecule has 2 radical (unpaired) electrons. The van der Waals surface area contributed by atoms with Gasteiger partial charge in [-0.25, -0.2) is 0 Å². The van der Waals surface area contributed by atoms with Crippen molar-refractivity contribution in [3.8, 4) is 0 Å². The molecule has 0 aromatic carbocycles. The third kappa shape index (κ3) is 1.44. The molecule has 0 saturated carbocycles. The highest BCUT2D eigenvalue weighted by atomic mass is 16.5. The van der Waals surface area contributed by atoms with Crippen LogP contribution in [0.3, 0.4) is 0 Å². The van der Waals surface area contributed by atoms with Crippen molar-refractivity contribution in [1.29, 1.82) is 0 Å². The van der Waals surface area contributed by atoms with Gasteiger partial charge < -0.3 is 9.84 Å². The predicted octanol–water partition coefficient (Wildman–Crippen LogP) is 0.00320. The largest absolute Gasteiger partial charge is 0.381 e. The van der Waals surface area contributed by atoms with Crippen molar-refractivity contribution in [2.45, 2.75) is 25.6 Å². The minimum Gasteiger partial charge on any atom is -0.381 e. The second kappa shape index (κ2) is 3.37. The van der Waals surface area contributed by atoms with Gasteiger partial charge in [0.25, 0.3) is 0 Å². The zero-order valence-electron chi connectivity index (χ0n) is 8.16. The van der Waals surface area contributed by atoms with E-state index in [1.165, 1.54) is 0 Å². The van der Waals surface area contributed by atoms with E-state index < -0.39 is 5.60 Å². The standard InChI is InChI=1S/C10H12BNO2/c1-2-10(13)6-14-5-7-3-8(11)4-12-9(7)10/h3-4,13H,2,5-6H2,1H3. The molecule has 1 aromatic rings. The molecule has 2 rings (SSSR count). The summed E-state index contributed by atoms with van der Waals surface area (Å²) < 4.78 is 5.31. The maximum absolute atomic E-state index is 10.2. The molecule has 1 aromatic heterocycles. The Balaban J connectivity index is 2.50. The molecule has 0 bridgehead atoms. The number of aliphatic hydroxyl groups is 1. The number of hydrogen-bond acceptors (Lipinski definition) is 3. The average Bonchev–Trinajstić information content (AvgIpc) is 2.18. The fourth-order valence-electron chi connectivity index (χ4n) is 1.73. The molecule has 14 heavy (non-hydrogen) atoms. The van der Waals surface area contributed by atoms with Crippen LogP contribution in [0.25, 0.3) is 0 Å². The van der Waals surface area contributed by atoms with E-state index in [9.17, 15) is 5.11 Å². The Bertz CT molecular complexity index is 356. The molecule has 3 nitrogen and oxygen atoms in total. The van der Waals surface area contributed by atoms with Crippen LogP contribution < -0.4 is 5.46 Å². The number of pyridine rings is 1. The average molecular weight is 189 g/mol. The second-order valence-electron chi connectivity index (χ2n) is 3.65. The highest BCUT2D eigenvalue weighted by molar-refractivity contribution is 6.32. The van der Waals surface area contributed by atoms with Crippen LogP contribution in [-0.2, 0) is 16.9 Å². The highest BCUT2D eigenvalue weighted by Crippen LogP contribution is 2.30. The monoisotopic (exact) mass is 189 g/mol. The first kappa shape index (κ1) is 9.68. The molecule has 0 aliphatic carbocycles. The predicted molar refractivity (Wildman–Crippen MR) is 53.5 cm³/mol. The van der Waals surface area contributed by atoms with Crippen molar-refractivity contribution in [1.82, 2.24) is 4.98 Å². The molecule has 0 amide bonds. The van der Waals surface area contributed by atoms with Crippen LogP contribution in [0.1, 0.15) is 24.6 Å². The van der Waals surface area contributed by atoms with E-state index in [-0.39, 0.29) is 0 Å². The normalized spacial score (nSPS) is 25.9. The summed E-state index contributed by atoms with van der Waals surface area (Å²) in [6.07, 6.45) is 2.17. The van der Waals surface area contributed by atoms with Crippen LogP contribution in [0.5, 0.6) is 0 Å². The molecule has 1 N–H and O–H groups in total. The minimum atomic E-state index is -0.943. The lowest BCUT2D eigenvalue weighted by Crippen LogP contribution is -2.37. The smallest absolute Gasteiger partial charge is 0.130 e. The summed E-state index contributed by atoms with van der Waals surface area (Å²) in [4.78, 5) is 4.19. The first-order chi connectivity index (χ1) is 6.65. The molecule has 0 saturated heterocycles. The fraction of sp³-hybridized carbons (Fsp3) is 0.500. The van der Waals surface area contributed by atoms with Gasteiger partial charge in [0.05, 0.1) is 18.9 Å². The van der Waals surface area contributed by atoms with E-state index in [1.54, 1.807) is 6.20 Å². The fourth-order valence-corrected chi connectivity index (χ4v) is 1.73. The molecule has 0 fully saturated rings. The Morgan fingerprint density at radius 2 is 2.50 bits per heavy atom. The molecule has 1 aliphatic rings. The maximum Gasteiger partial charge on any atom is 0.130 e. The quantitative estimate of drug-likeness (QED) is 0.632. The van der Waals surface area contributed by atoms with Crippen molar-refractivity contribution in [2.75, 3.05) is 6.61 Å². The van der Waals surface area contributed by atoms with Crippen LogP contribution in [0.4, 0.5) is 0 Å². The van der Waals surface area contributed by atoms with Crippen LogP contribution in [0.2, 0.25) is 0 Å². The molecular formula is C10H12BNO2. The number of aromatic nitrogens is 1. The first-order valence-electron chi connectivity index (χ1n) is 4.71. The van der Waals surface area contributed by atoms with E-state index in [2.05, 4.69) is 4.98 Å². The van der Waals surface area contributed by atoms with Gasteiger partial charge in [-0.2, -0.15) is 0 Å². The Morgan fingerprint density at radius 1 is 1.71 bits per heavy atom. The van der Waals surface area contributed by atoms with Gasteiger partial charge in [0.1, 0.15) is 13.4 Å². The summed E-state index contributed by atoms with van der Waals surface area (Å²) in [5, 5.41) is 10.2. The van der Waals surface area contributed by atoms with Gasteiger partial charge in [0.2, 0.25) is 0 Å². The summed E-state index contributed by atoms with van der Waals surface area (Å²) in [6.45, 7) is 2.71. The third-order valence-electron chi connectivity index (χ3n) is 2.61. The molecule has 4 heteroatoms.